The van der Waals surface area contributed by atoms with Crippen molar-refractivity contribution in [2.75, 3.05) is 0 Å². The third kappa shape index (κ3) is 6.50. The molecule has 3 aromatic carbocycles. The molecule has 0 unspecified atom stereocenters. The van der Waals surface area contributed by atoms with Gasteiger partial charge in [-0.3, -0.25) is 8.78 Å². The fourth-order valence-corrected chi connectivity index (χ4v) is 3.11. The Labute approximate surface area is 220 Å². The number of aryl methyl sites for hydroxylation is 1. The second-order valence-electron chi connectivity index (χ2n) is 7.15. The molecule has 0 aliphatic rings. The molecule has 177 valence electrons. The van der Waals surface area contributed by atoms with Crippen molar-refractivity contribution in [3.63, 3.8) is 0 Å². The molecule has 35 heavy (non-hydrogen) atoms. The van der Waals surface area contributed by atoms with Crippen molar-refractivity contribution in [3.8, 4) is 33.6 Å². The number of benzene rings is 3. The number of hydrogen-bond acceptors (Lipinski definition) is 2. The summed E-state index contributed by atoms with van der Waals surface area (Å²) in [6.07, 6.45) is 2.95. The maximum Gasteiger partial charge on any atom is 0.111 e. The predicted octanol–water partition coefficient (Wildman–Crippen LogP) is 7.49. The van der Waals surface area contributed by atoms with Crippen LogP contribution in [0.2, 0.25) is 0 Å². The first-order valence-corrected chi connectivity index (χ1v) is 10.2. The van der Waals surface area contributed by atoms with Crippen molar-refractivity contribution in [1.82, 2.24) is 9.97 Å². The van der Waals surface area contributed by atoms with Crippen LogP contribution < -0.4 is 0 Å². The second kappa shape index (κ2) is 12.2. The van der Waals surface area contributed by atoms with Gasteiger partial charge in [0.2, 0.25) is 0 Å². The van der Waals surface area contributed by atoms with Crippen LogP contribution in [0.5, 0.6) is 0 Å². The molecule has 6 heteroatoms. The molecule has 0 fully saturated rings. The van der Waals surface area contributed by atoms with E-state index in [0.717, 1.165) is 23.0 Å². The van der Waals surface area contributed by atoms with Crippen molar-refractivity contribution >= 4 is 0 Å². The van der Waals surface area contributed by atoms with Crippen LogP contribution in [0.25, 0.3) is 33.6 Å². The van der Waals surface area contributed by atoms with Gasteiger partial charge in [-0.2, -0.15) is 0 Å². The van der Waals surface area contributed by atoms with Gasteiger partial charge in [-0.1, -0.05) is 60.2 Å². The summed E-state index contributed by atoms with van der Waals surface area (Å²) in [5.41, 5.74) is 3.90. The summed E-state index contributed by atoms with van der Waals surface area (Å²) in [4.78, 5) is 8.22. The number of nitrogens with zero attached hydrogens (tertiary/aromatic N) is 2. The van der Waals surface area contributed by atoms with Crippen molar-refractivity contribution in [2.45, 2.75) is 6.85 Å². The average molecular weight is 648 g/mol. The molecule has 0 atom stereocenters. The first kappa shape index (κ1) is 21.9. The van der Waals surface area contributed by atoms with E-state index in [1.165, 1.54) is 17.7 Å². The first-order valence-electron chi connectivity index (χ1n) is 11.7. The van der Waals surface area contributed by atoms with Crippen molar-refractivity contribution in [3.05, 3.63) is 132 Å². The standard InChI is InChI=1S/C17H12N.C12H7F3N.Ir/c1-3-7-14(8-4-1)16-11-12-17(18-13-16)15-9-5-2-6-10-15;1-7-2-5-10(16-6-7)8-3-4-9(13)12(15)11(8)14;/h1-9,11-13H;2,4-6H,1H3;/q2*-1;/i;1D3;. The summed E-state index contributed by atoms with van der Waals surface area (Å²) < 4.78 is 60.8. The van der Waals surface area contributed by atoms with Gasteiger partial charge in [-0.05, 0) is 34.9 Å². The summed E-state index contributed by atoms with van der Waals surface area (Å²) in [5, 5.41) is 0. The van der Waals surface area contributed by atoms with Crippen LogP contribution in [0.3, 0.4) is 0 Å². The third-order valence-electron chi connectivity index (χ3n) is 4.84. The third-order valence-corrected chi connectivity index (χ3v) is 4.84. The van der Waals surface area contributed by atoms with E-state index in [9.17, 15) is 13.2 Å². The predicted molar refractivity (Wildman–Crippen MR) is 127 cm³/mol. The largest absolute Gasteiger partial charge is 0.304 e. The van der Waals surface area contributed by atoms with Crippen molar-refractivity contribution in [1.29, 1.82) is 0 Å². The van der Waals surface area contributed by atoms with Crippen LogP contribution in [0, 0.1) is 36.4 Å². The van der Waals surface area contributed by atoms with E-state index in [1.54, 1.807) is 0 Å². The maximum absolute atomic E-state index is 13.5. The molecule has 0 amide bonds. The quantitative estimate of drug-likeness (QED) is 0.150. The van der Waals surface area contributed by atoms with Crippen LogP contribution in [0.1, 0.15) is 9.68 Å². The smallest absolute Gasteiger partial charge is 0.111 e. The van der Waals surface area contributed by atoms with Gasteiger partial charge in [0.1, 0.15) is 5.82 Å². The van der Waals surface area contributed by atoms with Gasteiger partial charge in [-0.25, -0.2) is 4.39 Å². The summed E-state index contributed by atoms with van der Waals surface area (Å²) in [6, 6.07) is 30.8. The molecule has 0 N–H and O–H groups in total. The molecule has 2 nitrogen and oxygen atoms in total. The molecule has 0 saturated heterocycles. The van der Waals surface area contributed by atoms with Gasteiger partial charge in [0.25, 0.3) is 0 Å². The van der Waals surface area contributed by atoms with E-state index >= 15 is 0 Å². The zero-order chi connectivity index (χ0) is 26.4. The Kier molecular flexibility index (Phi) is 7.64. The van der Waals surface area contributed by atoms with E-state index < -0.39 is 24.3 Å². The summed E-state index contributed by atoms with van der Waals surface area (Å²) in [5.74, 6) is -4.37. The van der Waals surface area contributed by atoms with E-state index in [1.807, 2.05) is 54.7 Å². The monoisotopic (exact) mass is 648 g/mol. The zero-order valence-corrected chi connectivity index (χ0v) is 20.5. The fraction of sp³-hybridized carbons (Fsp3) is 0.0345. The van der Waals surface area contributed by atoms with Crippen LogP contribution >= 0.6 is 0 Å². The Balaban J connectivity index is 0.000000205. The fourth-order valence-electron chi connectivity index (χ4n) is 3.11. The summed E-state index contributed by atoms with van der Waals surface area (Å²) >= 11 is 0. The molecule has 0 saturated carbocycles. The molecular weight excluding hydrogens is 626 g/mol. The van der Waals surface area contributed by atoms with Gasteiger partial charge in [-0.15, -0.1) is 48.0 Å². The first-order chi connectivity index (χ1) is 17.7. The van der Waals surface area contributed by atoms with Crippen LogP contribution in [0.4, 0.5) is 13.2 Å². The average Bonchev–Trinajstić information content (AvgIpc) is 2.93. The SMILES string of the molecule is [2H]C([2H])([2H])c1ccc(-c2[c-]cc(F)c(F)c2F)nc1.[Ir].[c-]1ccccc1-c1ccc(-c2ccccc2)cn1. The molecule has 0 aliphatic heterocycles. The summed E-state index contributed by atoms with van der Waals surface area (Å²) in [6.45, 7) is -2.33. The molecule has 0 aliphatic carbocycles. The molecule has 0 spiro atoms. The number of hydrogen-bond donors (Lipinski definition) is 0. The van der Waals surface area contributed by atoms with E-state index in [2.05, 4.69) is 40.3 Å². The van der Waals surface area contributed by atoms with Gasteiger partial charge < -0.3 is 9.97 Å². The van der Waals surface area contributed by atoms with E-state index in [0.29, 0.717) is 6.07 Å². The zero-order valence-electron chi connectivity index (χ0n) is 21.1. The Hall–Kier alpha value is -3.60. The molecule has 1 radical (unpaired) electrons. The normalized spacial score (nSPS) is 11.7. The number of aromatic nitrogens is 2. The van der Waals surface area contributed by atoms with Crippen molar-refractivity contribution in [2.24, 2.45) is 0 Å². The Morgan fingerprint density at radius 2 is 1.46 bits per heavy atom. The maximum atomic E-state index is 13.5. The molecule has 2 heterocycles. The van der Waals surface area contributed by atoms with Gasteiger partial charge in [0, 0.05) is 36.6 Å². The Morgan fingerprint density at radius 3 is 2.09 bits per heavy atom. The number of halogens is 3. The molecule has 5 aromatic rings. The van der Waals surface area contributed by atoms with E-state index in [-0.39, 0.29) is 36.9 Å². The van der Waals surface area contributed by atoms with Crippen molar-refractivity contribution < 1.29 is 37.4 Å². The molecule has 0 bridgehead atoms. The molecular formula is C29H19F3IrN2-2. The van der Waals surface area contributed by atoms with Gasteiger partial charge >= 0.3 is 0 Å². The van der Waals surface area contributed by atoms with Gasteiger partial charge in [0.15, 0.2) is 0 Å². The minimum Gasteiger partial charge on any atom is -0.304 e. The Bertz CT molecular complexity index is 1410. The van der Waals surface area contributed by atoms with Crippen LogP contribution in [0.15, 0.2) is 97.3 Å². The number of rotatable bonds is 3. The Morgan fingerprint density at radius 1 is 0.714 bits per heavy atom. The second-order valence-corrected chi connectivity index (χ2v) is 7.15. The number of pyridine rings is 2. The van der Waals surface area contributed by atoms with Crippen LogP contribution in [-0.4, -0.2) is 9.97 Å². The topological polar surface area (TPSA) is 25.8 Å². The summed E-state index contributed by atoms with van der Waals surface area (Å²) in [7, 11) is 0. The minimum atomic E-state index is -2.33. The van der Waals surface area contributed by atoms with Crippen LogP contribution in [-0.2, 0) is 20.1 Å². The van der Waals surface area contributed by atoms with E-state index in [4.69, 9.17) is 4.11 Å². The van der Waals surface area contributed by atoms with Gasteiger partial charge in [0.05, 0.1) is 11.6 Å². The minimum absolute atomic E-state index is 0. The molecule has 2 aromatic heterocycles. The molecule has 5 rings (SSSR count).